The Morgan fingerprint density at radius 1 is 1.30 bits per heavy atom. The van der Waals surface area contributed by atoms with Crippen LogP contribution in [0.3, 0.4) is 0 Å². The van der Waals surface area contributed by atoms with Gasteiger partial charge in [0.1, 0.15) is 5.82 Å². The molecule has 10 heteroatoms. The van der Waals surface area contributed by atoms with E-state index >= 15 is 0 Å². The minimum absolute atomic E-state index is 0.126. The first-order chi connectivity index (χ1) is 9.27. The first-order valence-corrected chi connectivity index (χ1v) is 6.52. The number of aromatic carboxylic acids is 1. The molecule has 0 fully saturated rings. The molecule has 1 aromatic heterocycles. The summed E-state index contributed by atoms with van der Waals surface area (Å²) in [7, 11) is 0. The third-order valence-corrected chi connectivity index (χ3v) is 4.08. The van der Waals surface area contributed by atoms with E-state index in [9.17, 15) is 22.4 Å². The molecular formula is C10H4F4N2O2S2. The van der Waals surface area contributed by atoms with Crippen LogP contribution >= 0.6 is 23.1 Å². The summed E-state index contributed by atoms with van der Waals surface area (Å²) in [5.41, 5.74) is -0.172. The number of benzene rings is 1. The Labute approximate surface area is 117 Å². The van der Waals surface area contributed by atoms with Crippen molar-refractivity contribution in [2.24, 2.45) is 0 Å². The lowest BCUT2D eigenvalue weighted by atomic mass is 10.2. The summed E-state index contributed by atoms with van der Waals surface area (Å²) < 4.78 is 50.4. The number of alkyl halides is 3. The highest BCUT2D eigenvalue weighted by Crippen LogP contribution is 2.37. The van der Waals surface area contributed by atoms with E-state index in [4.69, 9.17) is 5.11 Å². The highest BCUT2D eigenvalue weighted by atomic mass is 32.2. The topological polar surface area (TPSA) is 63.1 Å². The van der Waals surface area contributed by atoms with E-state index in [1.807, 2.05) is 0 Å². The average Bonchev–Trinajstić information content (AvgIpc) is 2.80. The Balaban J connectivity index is 2.28. The third kappa shape index (κ3) is 3.25. The van der Waals surface area contributed by atoms with E-state index in [0.717, 1.165) is 18.2 Å². The lowest BCUT2D eigenvalue weighted by Gasteiger charge is -2.01. The third-order valence-electron chi connectivity index (χ3n) is 2.02. The van der Waals surface area contributed by atoms with Gasteiger partial charge in [-0.1, -0.05) is 23.1 Å². The van der Waals surface area contributed by atoms with Crippen molar-refractivity contribution < 1.29 is 27.5 Å². The van der Waals surface area contributed by atoms with Crippen LogP contribution < -0.4 is 0 Å². The zero-order valence-corrected chi connectivity index (χ0v) is 10.9. The van der Waals surface area contributed by atoms with Crippen LogP contribution in [-0.4, -0.2) is 21.3 Å². The second kappa shape index (κ2) is 5.37. The van der Waals surface area contributed by atoms with Gasteiger partial charge in [-0.3, -0.25) is 0 Å². The van der Waals surface area contributed by atoms with Gasteiger partial charge in [-0.15, -0.1) is 10.2 Å². The van der Waals surface area contributed by atoms with Gasteiger partial charge in [0.2, 0.25) is 5.01 Å². The summed E-state index contributed by atoms with van der Waals surface area (Å²) in [6.45, 7) is 0. The maximum Gasteiger partial charge on any atom is 0.445 e. The minimum Gasteiger partial charge on any atom is -0.478 e. The van der Waals surface area contributed by atoms with Crippen molar-refractivity contribution in [1.29, 1.82) is 0 Å². The van der Waals surface area contributed by atoms with Gasteiger partial charge in [-0.2, -0.15) is 13.2 Å². The molecule has 1 heterocycles. The lowest BCUT2D eigenvalue weighted by molar-refractivity contribution is -0.138. The van der Waals surface area contributed by atoms with Crippen molar-refractivity contribution in [2.75, 3.05) is 0 Å². The summed E-state index contributed by atoms with van der Waals surface area (Å²) in [4.78, 5) is 10.6. The van der Waals surface area contributed by atoms with Gasteiger partial charge in [-0.05, 0) is 18.2 Å². The molecule has 0 saturated carbocycles. The van der Waals surface area contributed by atoms with Crippen LogP contribution in [-0.2, 0) is 6.18 Å². The highest BCUT2D eigenvalue weighted by Gasteiger charge is 2.35. The molecule has 20 heavy (non-hydrogen) atoms. The largest absolute Gasteiger partial charge is 0.478 e. The number of nitrogens with zero attached hydrogens (tertiary/aromatic N) is 2. The molecule has 0 amide bonds. The zero-order chi connectivity index (χ0) is 14.9. The van der Waals surface area contributed by atoms with Gasteiger partial charge in [-0.25, -0.2) is 9.18 Å². The van der Waals surface area contributed by atoms with E-state index in [-0.39, 0.29) is 26.1 Å². The van der Waals surface area contributed by atoms with Crippen LogP contribution in [0.4, 0.5) is 17.6 Å². The first kappa shape index (κ1) is 14.7. The molecule has 0 aliphatic heterocycles. The van der Waals surface area contributed by atoms with Crippen LogP contribution in [0.15, 0.2) is 27.4 Å². The maximum atomic E-state index is 13.5. The van der Waals surface area contributed by atoms with Crippen LogP contribution in [0.1, 0.15) is 15.4 Å². The molecule has 0 radical (unpaired) electrons. The van der Waals surface area contributed by atoms with Gasteiger partial charge in [0.25, 0.3) is 0 Å². The van der Waals surface area contributed by atoms with E-state index in [1.54, 1.807) is 0 Å². The Morgan fingerprint density at radius 2 is 2.00 bits per heavy atom. The number of hydrogen-bond donors (Lipinski definition) is 1. The Morgan fingerprint density at radius 3 is 2.55 bits per heavy atom. The van der Waals surface area contributed by atoms with Crippen molar-refractivity contribution in [3.63, 3.8) is 0 Å². The van der Waals surface area contributed by atoms with Crippen molar-refractivity contribution in [2.45, 2.75) is 15.4 Å². The van der Waals surface area contributed by atoms with Gasteiger partial charge in [0.15, 0.2) is 4.34 Å². The van der Waals surface area contributed by atoms with Gasteiger partial charge in [0.05, 0.1) is 10.5 Å². The lowest BCUT2D eigenvalue weighted by Crippen LogP contribution is -2.03. The van der Waals surface area contributed by atoms with Crippen molar-refractivity contribution in [3.05, 3.63) is 34.6 Å². The Bertz CT molecular complexity index is 657. The molecule has 0 unspecified atom stereocenters. The Kier molecular flexibility index (Phi) is 3.95. The summed E-state index contributed by atoms with van der Waals surface area (Å²) in [6.07, 6.45) is -4.61. The predicted molar refractivity (Wildman–Crippen MR) is 62.4 cm³/mol. The molecule has 1 aromatic carbocycles. The molecule has 0 aliphatic rings. The normalized spacial score (nSPS) is 11.6. The van der Waals surface area contributed by atoms with Crippen LogP contribution in [0.5, 0.6) is 0 Å². The van der Waals surface area contributed by atoms with E-state index in [1.165, 1.54) is 0 Å². The monoisotopic (exact) mass is 324 g/mol. The van der Waals surface area contributed by atoms with Crippen LogP contribution in [0, 0.1) is 5.82 Å². The van der Waals surface area contributed by atoms with Crippen molar-refractivity contribution >= 4 is 29.1 Å². The van der Waals surface area contributed by atoms with Crippen LogP contribution in [0.25, 0.3) is 0 Å². The molecule has 0 saturated heterocycles. The second-order valence-electron chi connectivity index (χ2n) is 3.42. The Hall–Kier alpha value is -1.68. The molecule has 1 N–H and O–H groups in total. The molecule has 4 nitrogen and oxygen atoms in total. The summed E-state index contributed by atoms with van der Waals surface area (Å²) >= 11 is 0.849. The average molecular weight is 324 g/mol. The molecule has 106 valence electrons. The SMILES string of the molecule is O=C(O)c1ccc(F)c(Sc2nnc(C(F)(F)F)s2)c1. The zero-order valence-electron chi connectivity index (χ0n) is 9.31. The minimum atomic E-state index is -4.61. The smallest absolute Gasteiger partial charge is 0.445 e. The number of carboxylic acid groups (broad SMARTS) is 1. The summed E-state index contributed by atoms with van der Waals surface area (Å²) in [6, 6.07) is 3.01. The van der Waals surface area contributed by atoms with E-state index < -0.39 is 23.0 Å². The number of carboxylic acids is 1. The molecule has 2 aromatic rings. The van der Waals surface area contributed by atoms with Gasteiger partial charge in [0, 0.05) is 0 Å². The fourth-order valence-electron chi connectivity index (χ4n) is 1.17. The number of carbonyl (C=O) groups is 1. The van der Waals surface area contributed by atoms with Gasteiger partial charge >= 0.3 is 12.1 Å². The standard InChI is InChI=1S/C10H4F4N2O2S2/c11-5-2-1-4(7(17)18)3-6(5)19-9-16-15-8(20-9)10(12,13)14/h1-3H,(H,17,18). The van der Waals surface area contributed by atoms with Crippen molar-refractivity contribution in [3.8, 4) is 0 Å². The van der Waals surface area contributed by atoms with E-state index in [2.05, 4.69) is 10.2 Å². The van der Waals surface area contributed by atoms with Gasteiger partial charge < -0.3 is 5.11 Å². The molecule has 0 atom stereocenters. The molecular weight excluding hydrogens is 320 g/mol. The fraction of sp³-hybridized carbons (Fsp3) is 0.100. The molecule has 0 aliphatic carbocycles. The number of hydrogen-bond acceptors (Lipinski definition) is 5. The molecule has 0 spiro atoms. The highest BCUT2D eigenvalue weighted by molar-refractivity contribution is 8.01. The van der Waals surface area contributed by atoms with E-state index in [0.29, 0.717) is 11.8 Å². The number of halogens is 4. The second-order valence-corrected chi connectivity index (χ2v) is 5.69. The summed E-state index contributed by atoms with van der Waals surface area (Å²) in [5, 5.41) is 13.9. The predicted octanol–water partition coefficient (Wildman–Crippen LogP) is 3.55. The molecule has 0 bridgehead atoms. The number of rotatable bonds is 3. The van der Waals surface area contributed by atoms with Crippen molar-refractivity contribution in [1.82, 2.24) is 10.2 Å². The fourth-order valence-corrected chi connectivity index (χ4v) is 2.91. The number of aromatic nitrogens is 2. The quantitative estimate of drug-likeness (QED) is 0.875. The molecule has 2 rings (SSSR count). The first-order valence-electron chi connectivity index (χ1n) is 4.89. The maximum absolute atomic E-state index is 13.5. The summed E-state index contributed by atoms with van der Waals surface area (Å²) in [5.74, 6) is -2.01. The van der Waals surface area contributed by atoms with Crippen LogP contribution in [0.2, 0.25) is 0 Å².